The molecule has 24 heavy (non-hydrogen) atoms. The summed E-state index contributed by atoms with van der Waals surface area (Å²) in [7, 11) is 2.89. The Kier molecular flexibility index (Phi) is 5.10. The fourth-order valence-electron chi connectivity index (χ4n) is 2.03. The predicted molar refractivity (Wildman–Crippen MR) is 87.4 cm³/mol. The Morgan fingerprint density at radius 3 is 2.29 bits per heavy atom. The molecule has 0 aliphatic heterocycles. The molecule has 0 fully saturated rings. The van der Waals surface area contributed by atoms with Gasteiger partial charge in [0.2, 0.25) is 0 Å². The maximum atomic E-state index is 12.4. The van der Waals surface area contributed by atoms with Crippen LogP contribution in [0.2, 0.25) is 0 Å². The number of methoxy groups -OCH3 is 1. The highest BCUT2D eigenvalue weighted by molar-refractivity contribution is 6.06. The van der Waals surface area contributed by atoms with Crippen molar-refractivity contribution >= 4 is 23.2 Å². The topological polar surface area (TPSA) is 111 Å². The maximum Gasteiger partial charge on any atom is 0.270 e. The maximum absolute atomic E-state index is 12.4. The molecule has 0 radical (unpaired) electrons. The summed E-state index contributed by atoms with van der Waals surface area (Å²) in [4.78, 5) is 34.1. The van der Waals surface area contributed by atoms with E-state index in [1.807, 2.05) is 0 Å². The van der Waals surface area contributed by atoms with Crippen molar-refractivity contribution in [3.8, 4) is 5.75 Å². The molecular formula is C16H15N3O5. The number of hydrogen-bond acceptors (Lipinski definition) is 5. The molecule has 0 atom stereocenters. The number of non-ortho nitro benzene ring substituents is 1. The van der Waals surface area contributed by atoms with E-state index in [0.29, 0.717) is 11.3 Å². The second kappa shape index (κ2) is 7.23. The van der Waals surface area contributed by atoms with Gasteiger partial charge in [-0.1, -0.05) is 0 Å². The van der Waals surface area contributed by atoms with Crippen molar-refractivity contribution in [2.24, 2.45) is 0 Å². The molecule has 0 unspecified atom stereocenters. The van der Waals surface area contributed by atoms with Gasteiger partial charge in [0.1, 0.15) is 5.75 Å². The third-order valence-electron chi connectivity index (χ3n) is 3.27. The Morgan fingerprint density at radius 2 is 1.75 bits per heavy atom. The average Bonchev–Trinajstić information content (AvgIpc) is 2.60. The highest BCUT2D eigenvalue weighted by Gasteiger charge is 2.17. The molecule has 2 rings (SSSR count). The van der Waals surface area contributed by atoms with E-state index in [4.69, 9.17) is 4.74 Å². The summed E-state index contributed by atoms with van der Waals surface area (Å²) in [5.41, 5.74) is 0.725. The zero-order valence-electron chi connectivity index (χ0n) is 13.0. The molecule has 8 heteroatoms. The second-order valence-electron chi connectivity index (χ2n) is 4.75. The normalized spacial score (nSPS) is 9.92. The van der Waals surface area contributed by atoms with Crippen LogP contribution in [0.3, 0.4) is 0 Å². The zero-order valence-corrected chi connectivity index (χ0v) is 13.0. The standard InChI is InChI=1S/C16H15N3O5/c1-17-15(20)10-3-5-11(6-4-10)18-16(21)13-9-12(19(22)23)7-8-14(13)24-2/h3-9H,1-2H3,(H,17,20)(H,18,21). The first-order chi connectivity index (χ1) is 11.5. The Balaban J connectivity index is 2.24. The van der Waals surface area contributed by atoms with Crippen molar-refractivity contribution in [1.82, 2.24) is 5.32 Å². The van der Waals surface area contributed by atoms with Gasteiger partial charge in [0.05, 0.1) is 17.6 Å². The van der Waals surface area contributed by atoms with Gasteiger partial charge < -0.3 is 15.4 Å². The smallest absolute Gasteiger partial charge is 0.270 e. The predicted octanol–water partition coefficient (Wildman–Crippen LogP) is 2.22. The molecule has 2 N–H and O–H groups in total. The number of hydrogen-bond donors (Lipinski definition) is 2. The molecule has 0 aliphatic carbocycles. The Bertz CT molecular complexity index is 787. The highest BCUT2D eigenvalue weighted by Crippen LogP contribution is 2.25. The van der Waals surface area contributed by atoms with Gasteiger partial charge in [-0.25, -0.2) is 0 Å². The van der Waals surface area contributed by atoms with E-state index < -0.39 is 10.8 Å². The molecular weight excluding hydrogens is 314 g/mol. The van der Waals surface area contributed by atoms with Crippen LogP contribution in [0.25, 0.3) is 0 Å². The number of rotatable bonds is 5. The lowest BCUT2D eigenvalue weighted by molar-refractivity contribution is -0.384. The number of nitrogens with one attached hydrogen (secondary N) is 2. The van der Waals surface area contributed by atoms with Gasteiger partial charge in [0.25, 0.3) is 17.5 Å². The number of benzene rings is 2. The zero-order chi connectivity index (χ0) is 17.7. The number of ether oxygens (including phenoxy) is 1. The van der Waals surface area contributed by atoms with Crippen molar-refractivity contribution in [1.29, 1.82) is 0 Å². The third kappa shape index (κ3) is 3.67. The van der Waals surface area contributed by atoms with E-state index >= 15 is 0 Å². The summed E-state index contributed by atoms with van der Waals surface area (Å²) in [5.74, 6) is -0.573. The molecule has 0 aliphatic rings. The highest BCUT2D eigenvalue weighted by atomic mass is 16.6. The van der Waals surface area contributed by atoms with E-state index in [-0.39, 0.29) is 22.9 Å². The first-order valence-corrected chi connectivity index (χ1v) is 6.92. The molecule has 0 aromatic heterocycles. The fourth-order valence-corrected chi connectivity index (χ4v) is 2.03. The van der Waals surface area contributed by atoms with Gasteiger partial charge in [-0.2, -0.15) is 0 Å². The number of nitro benzene ring substituents is 1. The van der Waals surface area contributed by atoms with Crippen molar-refractivity contribution in [3.63, 3.8) is 0 Å². The summed E-state index contributed by atoms with van der Waals surface area (Å²) in [6.07, 6.45) is 0. The van der Waals surface area contributed by atoms with E-state index in [1.54, 1.807) is 24.3 Å². The lowest BCUT2D eigenvalue weighted by Gasteiger charge is -2.09. The molecule has 0 saturated heterocycles. The summed E-state index contributed by atoms with van der Waals surface area (Å²) in [6.45, 7) is 0. The largest absolute Gasteiger partial charge is 0.496 e. The number of carbonyl (C=O) groups is 2. The van der Waals surface area contributed by atoms with Gasteiger partial charge in [-0.05, 0) is 30.3 Å². The Morgan fingerprint density at radius 1 is 1.08 bits per heavy atom. The minimum absolute atomic E-state index is 0.0436. The lowest BCUT2D eigenvalue weighted by Crippen LogP contribution is -2.18. The van der Waals surface area contributed by atoms with E-state index in [9.17, 15) is 19.7 Å². The number of anilines is 1. The number of nitrogens with zero attached hydrogens (tertiary/aromatic N) is 1. The molecule has 0 heterocycles. The summed E-state index contributed by atoms with van der Waals surface area (Å²) in [6, 6.07) is 10.00. The van der Waals surface area contributed by atoms with Crippen LogP contribution in [0.4, 0.5) is 11.4 Å². The summed E-state index contributed by atoms with van der Waals surface area (Å²) < 4.78 is 5.07. The molecule has 0 spiro atoms. The molecule has 2 aromatic carbocycles. The van der Waals surface area contributed by atoms with E-state index in [2.05, 4.69) is 10.6 Å². The van der Waals surface area contributed by atoms with Crippen LogP contribution >= 0.6 is 0 Å². The van der Waals surface area contributed by atoms with E-state index in [0.717, 1.165) is 6.07 Å². The lowest BCUT2D eigenvalue weighted by atomic mass is 10.1. The van der Waals surface area contributed by atoms with Crippen LogP contribution in [0, 0.1) is 10.1 Å². The first-order valence-electron chi connectivity index (χ1n) is 6.92. The molecule has 8 nitrogen and oxygen atoms in total. The Labute approximate surface area is 137 Å². The van der Waals surface area contributed by atoms with Gasteiger partial charge in [0.15, 0.2) is 0 Å². The van der Waals surface area contributed by atoms with Gasteiger partial charge >= 0.3 is 0 Å². The second-order valence-corrected chi connectivity index (χ2v) is 4.75. The van der Waals surface area contributed by atoms with Crippen molar-refractivity contribution in [3.05, 3.63) is 63.7 Å². The number of carbonyl (C=O) groups excluding carboxylic acids is 2. The van der Waals surface area contributed by atoms with Crippen LogP contribution in [0.15, 0.2) is 42.5 Å². The minimum Gasteiger partial charge on any atom is -0.496 e. The Hall–Kier alpha value is -3.42. The molecule has 0 bridgehead atoms. The minimum atomic E-state index is -0.589. The first kappa shape index (κ1) is 16.9. The van der Waals surface area contributed by atoms with Crippen LogP contribution < -0.4 is 15.4 Å². The molecule has 2 aromatic rings. The third-order valence-corrected chi connectivity index (χ3v) is 3.27. The summed E-state index contributed by atoms with van der Waals surface area (Å²) >= 11 is 0. The molecule has 0 saturated carbocycles. The quantitative estimate of drug-likeness (QED) is 0.645. The van der Waals surface area contributed by atoms with Crippen LogP contribution in [-0.4, -0.2) is 30.9 Å². The monoisotopic (exact) mass is 329 g/mol. The average molecular weight is 329 g/mol. The molecule has 2 amide bonds. The fraction of sp³-hybridized carbons (Fsp3) is 0.125. The van der Waals surface area contributed by atoms with Crippen LogP contribution in [0.1, 0.15) is 20.7 Å². The van der Waals surface area contributed by atoms with Crippen LogP contribution in [-0.2, 0) is 0 Å². The van der Waals surface area contributed by atoms with Crippen molar-refractivity contribution < 1.29 is 19.2 Å². The van der Waals surface area contributed by atoms with Gasteiger partial charge in [-0.15, -0.1) is 0 Å². The van der Waals surface area contributed by atoms with Crippen LogP contribution in [0.5, 0.6) is 5.75 Å². The molecule has 124 valence electrons. The van der Waals surface area contributed by atoms with E-state index in [1.165, 1.54) is 26.3 Å². The number of nitro groups is 1. The van der Waals surface area contributed by atoms with Gasteiger partial charge in [-0.3, -0.25) is 19.7 Å². The summed E-state index contributed by atoms with van der Waals surface area (Å²) in [5, 5.41) is 16.0. The van der Waals surface area contributed by atoms with Crippen molar-refractivity contribution in [2.75, 3.05) is 19.5 Å². The van der Waals surface area contributed by atoms with Crippen molar-refractivity contribution in [2.45, 2.75) is 0 Å². The number of amides is 2. The van der Waals surface area contributed by atoms with Gasteiger partial charge in [0, 0.05) is 30.4 Å². The SMILES string of the molecule is CNC(=O)c1ccc(NC(=O)c2cc([N+](=O)[O-])ccc2OC)cc1.